The molecular weight excluding hydrogens is 252 g/mol. The second-order valence-corrected chi connectivity index (χ2v) is 5.34. The van der Waals surface area contributed by atoms with Crippen LogP contribution in [0.3, 0.4) is 0 Å². The van der Waals surface area contributed by atoms with Gasteiger partial charge in [-0.25, -0.2) is 0 Å². The SMILES string of the molecule is CCN(Cc1cc(OC)c(OC)cc1C)C1CCNC1. The molecule has 20 heavy (non-hydrogen) atoms. The van der Waals surface area contributed by atoms with Gasteiger partial charge >= 0.3 is 0 Å². The maximum Gasteiger partial charge on any atom is 0.161 e. The first-order valence-electron chi connectivity index (χ1n) is 7.35. The van der Waals surface area contributed by atoms with Crippen LogP contribution in [0.25, 0.3) is 0 Å². The van der Waals surface area contributed by atoms with E-state index in [1.54, 1.807) is 14.2 Å². The monoisotopic (exact) mass is 278 g/mol. The third-order valence-corrected chi connectivity index (χ3v) is 4.17. The standard InChI is InChI=1S/C16H26N2O2/c1-5-18(14-6-7-17-10-14)11-13-9-16(20-4)15(19-3)8-12(13)2/h8-9,14,17H,5-7,10-11H2,1-4H3. The van der Waals surface area contributed by atoms with Crippen LogP contribution in [-0.4, -0.2) is 44.8 Å². The third kappa shape index (κ3) is 3.25. The molecule has 0 spiro atoms. The van der Waals surface area contributed by atoms with Crippen LogP contribution in [0.15, 0.2) is 12.1 Å². The van der Waals surface area contributed by atoms with Crippen molar-refractivity contribution in [3.63, 3.8) is 0 Å². The molecule has 1 aliphatic rings. The lowest BCUT2D eigenvalue weighted by molar-refractivity contribution is 0.209. The highest BCUT2D eigenvalue weighted by molar-refractivity contribution is 5.47. The van der Waals surface area contributed by atoms with E-state index in [0.29, 0.717) is 6.04 Å². The Morgan fingerprint density at radius 1 is 1.25 bits per heavy atom. The molecule has 0 radical (unpaired) electrons. The van der Waals surface area contributed by atoms with Gasteiger partial charge in [-0.1, -0.05) is 6.92 Å². The van der Waals surface area contributed by atoms with E-state index in [2.05, 4.69) is 36.2 Å². The van der Waals surface area contributed by atoms with Crippen LogP contribution in [0.1, 0.15) is 24.5 Å². The van der Waals surface area contributed by atoms with Crippen LogP contribution in [0.4, 0.5) is 0 Å². The first-order valence-corrected chi connectivity index (χ1v) is 7.35. The lowest BCUT2D eigenvalue weighted by Gasteiger charge is -2.28. The predicted molar refractivity (Wildman–Crippen MR) is 81.6 cm³/mol. The molecule has 0 aliphatic carbocycles. The van der Waals surface area contributed by atoms with E-state index in [1.807, 2.05) is 0 Å². The average molecular weight is 278 g/mol. The molecular formula is C16H26N2O2. The van der Waals surface area contributed by atoms with E-state index < -0.39 is 0 Å². The van der Waals surface area contributed by atoms with Crippen LogP contribution in [0.5, 0.6) is 11.5 Å². The summed E-state index contributed by atoms with van der Waals surface area (Å²) in [4.78, 5) is 2.54. The van der Waals surface area contributed by atoms with Crippen LogP contribution in [-0.2, 0) is 6.54 Å². The average Bonchev–Trinajstić information content (AvgIpc) is 2.99. The van der Waals surface area contributed by atoms with E-state index in [1.165, 1.54) is 17.5 Å². The molecule has 0 bridgehead atoms. The Balaban J connectivity index is 2.18. The Morgan fingerprint density at radius 2 is 1.95 bits per heavy atom. The summed E-state index contributed by atoms with van der Waals surface area (Å²) in [5, 5.41) is 3.44. The highest BCUT2D eigenvalue weighted by Crippen LogP contribution is 2.31. The van der Waals surface area contributed by atoms with Gasteiger partial charge in [-0.2, -0.15) is 0 Å². The van der Waals surface area contributed by atoms with Gasteiger partial charge in [0, 0.05) is 19.1 Å². The smallest absolute Gasteiger partial charge is 0.161 e. The van der Waals surface area contributed by atoms with Crippen molar-refractivity contribution < 1.29 is 9.47 Å². The zero-order valence-electron chi connectivity index (χ0n) is 13.0. The highest BCUT2D eigenvalue weighted by atomic mass is 16.5. The molecule has 1 aromatic rings. The van der Waals surface area contributed by atoms with Gasteiger partial charge < -0.3 is 14.8 Å². The molecule has 1 aromatic carbocycles. The Morgan fingerprint density at radius 3 is 2.50 bits per heavy atom. The minimum absolute atomic E-state index is 0.646. The first kappa shape index (κ1) is 15.1. The predicted octanol–water partition coefficient (Wildman–Crippen LogP) is 2.20. The van der Waals surface area contributed by atoms with E-state index in [9.17, 15) is 0 Å². The highest BCUT2D eigenvalue weighted by Gasteiger charge is 2.22. The Kier molecular flexibility index (Phi) is 5.26. The molecule has 1 heterocycles. The van der Waals surface area contributed by atoms with Crippen molar-refractivity contribution in [3.8, 4) is 11.5 Å². The van der Waals surface area contributed by atoms with Crippen LogP contribution in [0.2, 0.25) is 0 Å². The second-order valence-electron chi connectivity index (χ2n) is 5.34. The number of hydrogen-bond donors (Lipinski definition) is 1. The molecule has 1 N–H and O–H groups in total. The van der Waals surface area contributed by atoms with Gasteiger partial charge in [-0.05, 0) is 49.7 Å². The first-order chi connectivity index (χ1) is 9.69. The van der Waals surface area contributed by atoms with Crippen molar-refractivity contribution in [1.29, 1.82) is 0 Å². The van der Waals surface area contributed by atoms with Crippen molar-refractivity contribution in [2.75, 3.05) is 33.9 Å². The summed E-state index contributed by atoms with van der Waals surface area (Å²) in [7, 11) is 3.37. The molecule has 4 heteroatoms. The number of aryl methyl sites for hydroxylation is 1. The number of methoxy groups -OCH3 is 2. The molecule has 0 saturated carbocycles. The minimum atomic E-state index is 0.646. The van der Waals surface area contributed by atoms with E-state index in [-0.39, 0.29) is 0 Å². The summed E-state index contributed by atoms with van der Waals surface area (Å²) in [6.45, 7) is 8.63. The number of hydrogen-bond acceptors (Lipinski definition) is 4. The molecule has 1 atom stereocenters. The summed E-state index contributed by atoms with van der Waals surface area (Å²) in [6.07, 6.45) is 1.24. The number of ether oxygens (including phenoxy) is 2. The van der Waals surface area contributed by atoms with Gasteiger partial charge in [-0.3, -0.25) is 4.90 Å². The largest absolute Gasteiger partial charge is 0.493 e. The molecule has 112 valence electrons. The number of nitrogens with one attached hydrogen (secondary N) is 1. The van der Waals surface area contributed by atoms with Gasteiger partial charge in [0.15, 0.2) is 11.5 Å². The topological polar surface area (TPSA) is 33.7 Å². The summed E-state index contributed by atoms with van der Waals surface area (Å²) in [5.41, 5.74) is 2.57. The molecule has 4 nitrogen and oxygen atoms in total. The van der Waals surface area contributed by atoms with Crippen LogP contribution in [0, 0.1) is 6.92 Å². The summed E-state index contributed by atoms with van der Waals surface area (Å²) >= 11 is 0. The maximum atomic E-state index is 5.42. The van der Waals surface area contributed by atoms with Crippen LogP contribution < -0.4 is 14.8 Å². The van der Waals surface area contributed by atoms with E-state index in [0.717, 1.165) is 37.7 Å². The normalized spacial score (nSPS) is 18.6. The fourth-order valence-corrected chi connectivity index (χ4v) is 2.86. The molecule has 0 aromatic heterocycles. The molecule has 1 fully saturated rings. The summed E-state index contributed by atoms with van der Waals surface area (Å²) in [6, 6.07) is 4.82. The van der Waals surface area contributed by atoms with Gasteiger partial charge in [0.1, 0.15) is 0 Å². The fraction of sp³-hybridized carbons (Fsp3) is 0.625. The van der Waals surface area contributed by atoms with Crippen molar-refractivity contribution in [1.82, 2.24) is 10.2 Å². The molecule has 2 rings (SSSR count). The molecule has 1 unspecified atom stereocenters. The third-order valence-electron chi connectivity index (χ3n) is 4.17. The van der Waals surface area contributed by atoms with Gasteiger partial charge in [0.05, 0.1) is 14.2 Å². The summed E-state index contributed by atoms with van der Waals surface area (Å²) in [5.74, 6) is 1.62. The molecule has 1 saturated heterocycles. The quantitative estimate of drug-likeness (QED) is 0.865. The van der Waals surface area contributed by atoms with E-state index >= 15 is 0 Å². The fourth-order valence-electron chi connectivity index (χ4n) is 2.86. The number of rotatable bonds is 6. The van der Waals surface area contributed by atoms with Crippen molar-refractivity contribution in [2.24, 2.45) is 0 Å². The van der Waals surface area contributed by atoms with Crippen molar-refractivity contribution >= 4 is 0 Å². The second kappa shape index (κ2) is 6.95. The Hall–Kier alpha value is -1.26. The maximum absolute atomic E-state index is 5.42. The number of benzene rings is 1. The zero-order valence-corrected chi connectivity index (χ0v) is 13.0. The summed E-state index contributed by atoms with van der Waals surface area (Å²) < 4.78 is 10.8. The van der Waals surface area contributed by atoms with Crippen molar-refractivity contribution in [2.45, 2.75) is 32.9 Å². The Labute approximate surface area is 122 Å². The van der Waals surface area contributed by atoms with Crippen molar-refractivity contribution in [3.05, 3.63) is 23.3 Å². The number of likely N-dealkylation sites (N-methyl/N-ethyl adjacent to an activating group) is 1. The Bertz CT molecular complexity index is 442. The lowest BCUT2D eigenvalue weighted by atomic mass is 10.1. The van der Waals surface area contributed by atoms with Gasteiger partial charge in [0.25, 0.3) is 0 Å². The zero-order chi connectivity index (χ0) is 14.5. The van der Waals surface area contributed by atoms with Gasteiger partial charge in [-0.15, -0.1) is 0 Å². The van der Waals surface area contributed by atoms with Crippen LogP contribution >= 0.6 is 0 Å². The lowest BCUT2D eigenvalue weighted by Crippen LogP contribution is -2.36. The van der Waals surface area contributed by atoms with Gasteiger partial charge in [0.2, 0.25) is 0 Å². The number of nitrogens with zero attached hydrogens (tertiary/aromatic N) is 1. The van der Waals surface area contributed by atoms with E-state index in [4.69, 9.17) is 9.47 Å². The molecule has 0 amide bonds. The minimum Gasteiger partial charge on any atom is -0.493 e. The molecule has 1 aliphatic heterocycles.